The van der Waals surface area contributed by atoms with Crippen molar-refractivity contribution in [3.05, 3.63) is 17.3 Å². The zero-order valence-electron chi connectivity index (χ0n) is 9.59. The highest BCUT2D eigenvalue weighted by molar-refractivity contribution is 9.10. The summed E-state index contributed by atoms with van der Waals surface area (Å²) in [6, 6.07) is 0. The second-order valence-electron chi connectivity index (χ2n) is 4.22. The molecule has 2 aromatic rings. The summed E-state index contributed by atoms with van der Waals surface area (Å²) in [7, 11) is 0. The van der Waals surface area contributed by atoms with Gasteiger partial charge < -0.3 is 20.1 Å². The SMILES string of the molecule is OC[C@@H]1O[C@@H](n2cnc3c(Br)ncnc32)[C@H](O)[C@@H]1O. The molecule has 1 aliphatic heterocycles. The van der Waals surface area contributed by atoms with Crippen LogP contribution in [0.15, 0.2) is 17.3 Å². The Hall–Kier alpha value is -1.13. The van der Waals surface area contributed by atoms with E-state index >= 15 is 0 Å². The molecule has 0 spiro atoms. The summed E-state index contributed by atoms with van der Waals surface area (Å²) < 4.78 is 7.46. The highest BCUT2D eigenvalue weighted by Crippen LogP contribution is 2.31. The lowest BCUT2D eigenvalue weighted by Crippen LogP contribution is -2.33. The standard InChI is InChI=1S/C10H11BrN4O4/c11-8-5-9(13-2-12-8)15(3-14-5)10-7(18)6(17)4(1-16)19-10/h2-4,6-7,10,16-18H,1H2/t4-,6+,7+,10+/m0/s1. The van der Waals surface area contributed by atoms with Crippen LogP contribution in [0.5, 0.6) is 0 Å². The molecular formula is C10H11BrN4O4. The van der Waals surface area contributed by atoms with Gasteiger partial charge >= 0.3 is 0 Å². The number of ether oxygens (including phenoxy) is 1. The van der Waals surface area contributed by atoms with Gasteiger partial charge in [0, 0.05) is 0 Å². The number of aromatic nitrogens is 4. The summed E-state index contributed by atoms with van der Waals surface area (Å²) in [5.74, 6) is 0. The molecule has 3 heterocycles. The summed E-state index contributed by atoms with van der Waals surface area (Å²) in [5, 5.41) is 28.8. The Morgan fingerprint density at radius 1 is 1.26 bits per heavy atom. The quantitative estimate of drug-likeness (QED) is 0.618. The third-order valence-corrected chi connectivity index (χ3v) is 3.69. The van der Waals surface area contributed by atoms with E-state index < -0.39 is 24.5 Å². The molecule has 1 aliphatic rings. The molecule has 0 saturated carbocycles. The van der Waals surface area contributed by atoms with Crippen LogP contribution in [0.3, 0.4) is 0 Å². The van der Waals surface area contributed by atoms with Gasteiger partial charge in [-0.2, -0.15) is 0 Å². The van der Waals surface area contributed by atoms with Crippen molar-refractivity contribution in [2.24, 2.45) is 0 Å². The Labute approximate surface area is 115 Å². The van der Waals surface area contributed by atoms with Gasteiger partial charge in [-0.1, -0.05) is 0 Å². The molecule has 8 nitrogen and oxygen atoms in total. The lowest BCUT2D eigenvalue weighted by molar-refractivity contribution is -0.0511. The molecule has 19 heavy (non-hydrogen) atoms. The average Bonchev–Trinajstić information content (AvgIpc) is 2.94. The van der Waals surface area contributed by atoms with Crippen molar-refractivity contribution in [3.63, 3.8) is 0 Å². The lowest BCUT2D eigenvalue weighted by Gasteiger charge is -2.16. The first-order chi connectivity index (χ1) is 9.13. The van der Waals surface area contributed by atoms with Crippen molar-refractivity contribution in [1.29, 1.82) is 0 Å². The maximum absolute atomic E-state index is 9.97. The molecule has 4 atom stereocenters. The summed E-state index contributed by atoms with van der Waals surface area (Å²) in [5.41, 5.74) is 0.997. The van der Waals surface area contributed by atoms with Crippen molar-refractivity contribution in [3.8, 4) is 0 Å². The molecule has 0 aromatic carbocycles. The fourth-order valence-corrected chi connectivity index (χ4v) is 2.49. The van der Waals surface area contributed by atoms with Crippen molar-refractivity contribution >= 4 is 27.1 Å². The smallest absolute Gasteiger partial charge is 0.166 e. The largest absolute Gasteiger partial charge is 0.394 e. The fourth-order valence-electron chi connectivity index (χ4n) is 2.12. The topological polar surface area (TPSA) is 114 Å². The normalized spacial score (nSPS) is 31.2. The number of rotatable bonds is 2. The summed E-state index contributed by atoms with van der Waals surface area (Å²) in [4.78, 5) is 12.2. The number of aliphatic hydroxyl groups excluding tert-OH is 3. The van der Waals surface area contributed by atoms with E-state index in [-0.39, 0.29) is 6.61 Å². The first-order valence-electron chi connectivity index (χ1n) is 5.59. The van der Waals surface area contributed by atoms with Crippen LogP contribution in [0.1, 0.15) is 6.23 Å². The third-order valence-electron chi connectivity index (χ3n) is 3.11. The maximum atomic E-state index is 9.97. The number of aliphatic hydroxyl groups is 3. The van der Waals surface area contributed by atoms with Crippen LogP contribution in [0.2, 0.25) is 0 Å². The zero-order valence-corrected chi connectivity index (χ0v) is 11.2. The molecular weight excluding hydrogens is 320 g/mol. The van der Waals surface area contributed by atoms with Crippen molar-refractivity contribution in [2.45, 2.75) is 24.5 Å². The van der Waals surface area contributed by atoms with Gasteiger partial charge in [0.2, 0.25) is 0 Å². The second kappa shape index (κ2) is 4.76. The lowest BCUT2D eigenvalue weighted by atomic mass is 10.1. The predicted octanol–water partition coefficient (Wildman–Crippen LogP) is -0.800. The summed E-state index contributed by atoms with van der Waals surface area (Å²) in [6.07, 6.45) is -1.20. The van der Waals surface area contributed by atoms with Crippen LogP contribution in [-0.2, 0) is 4.74 Å². The van der Waals surface area contributed by atoms with Gasteiger partial charge in [0.1, 0.15) is 34.8 Å². The predicted molar refractivity (Wildman–Crippen MR) is 66.0 cm³/mol. The first-order valence-corrected chi connectivity index (χ1v) is 6.38. The zero-order chi connectivity index (χ0) is 13.6. The Kier molecular flexibility index (Phi) is 3.23. The van der Waals surface area contributed by atoms with Gasteiger partial charge in [-0.05, 0) is 15.9 Å². The molecule has 102 valence electrons. The van der Waals surface area contributed by atoms with Gasteiger partial charge in [-0.25, -0.2) is 15.0 Å². The summed E-state index contributed by atoms with van der Waals surface area (Å²) in [6.45, 7) is -0.375. The molecule has 0 radical (unpaired) electrons. The molecule has 9 heteroatoms. The Bertz CT molecular complexity index is 606. The van der Waals surface area contributed by atoms with E-state index in [9.17, 15) is 10.2 Å². The van der Waals surface area contributed by atoms with Crippen LogP contribution in [0, 0.1) is 0 Å². The maximum Gasteiger partial charge on any atom is 0.166 e. The average molecular weight is 331 g/mol. The molecule has 1 saturated heterocycles. The minimum absolute atomic E-state index is 0.375. The van der Waals surface area contributed by atoms with Crippen molar-refractivity contribution in [2.75, 3.05) is 6.61 Å². The first kappa shape index (κ1) is 12.9. The number of nitrogens with zero attached hydrogens (tertiary/aromatic N) is 4. The molecule has 2 aromatic heterocycles. The Balaban J connectivity index is 2.04. The van der Waals surface area contributed by atoms with Gasteiger partial charge in [-0.3, -0.25) is 4.57 Å². The van der Waals surface area contributed by atoms with E-state index in [1.54, 1.807) is 0 Å². The molecule has 0 aliphatic carbocycles. The molecule has 3 rings (SSSR count). The van der Waals surface area contributed by atoms with E-state index in [0.29, 0.717) is 15.8 Å². The fraction of sp³-hybridized carbons (Fsp3) is 0.500. The molecule has 0 bridgehead atoms. The highest BCUT2D eigenvalue weighted by atomic mass is 79.9. The third kappa shape index (κ3) is 1.94. The van der Waals surface area contributed by atoms with Crippen LogP contribution < -0.4 is 0 Å². The highest BCUT2D eigenvalue weighted by Gasteiger charge is 2.43. The van der Waals surface area contributed by atoms with Gasteiger partial charge in [0.05, 0.1) is 12.9 Å². The van der Waals surface area contributed by atoms with E-state index in [0.717, 1.165) is 0 Å². The minimum Gasteiger partial charge on any atom is -0.394 e. The van der Waals surface area contributed by atoms with Gasteiger partial charge in [0.25, 0.3) is 0 Å². The molecule has 0 amide bonds. The summed E-state index contributed by atoms with van der Waals surface area (Å²) >= 11 is 3.25. The van der Waals surface area contributed by atoms with E-state index in [2.05, 4.69) is 30.9 Å². The molecule has 0 unspecified atom stereocenters. The van der Waals surface area contributed by atoms with Crippen molar-refractivity contribution < 1.29 is 20.1 Å². The van der Waals surface area contributed by atoms with E-state index in [1.807, 2.05) is 0 Å². The van der Waals surface area contributed by atoms with Gasteiger partial charge in [-0.15, -0.1) is 0 Å². The molecule has 3 N–H and O–H groups in total. The van der Waals surface area contributed by atoms with Crippen LogP contribution in [0.25, 0.3) is 11.2 Å². The number of imidazole rings is 1. The Morgan fingerprint density at radius 3 is 2.74 bits per heavy atom. The number of halogens is 1. The second-order valence-corrected chi connectivity index (χ2v) is 4.97. The molecule has 1 fully saturated rings. The van der Waals surface area contributed by atoms with E-state index in [1.165, 1.54) is 17.2 Å². The number of fused-ring (bicyclic) bond motifs is 1. The Morgan fingerprint density at radius 2 is 2.05 bits per heavy atom. The minimum atomic E-state index is -1.16. The van der Waals surface area contributed by atoms with Crippen LogP contribution in [0.4, 0.5) is 0 Å². The monoisotopic (exact) mass is 330 g/mol. The van der Waals surface area contributed by atoms with Crippen LogP contribution in [-0.4, -0.2) is 59.8 Å². The number of hydrogen-bond acceptors (Lipinski definition) is 7. The van der Waals surface area contributed by atoms with Gasteiger partial charge in [0.15, 0.2) is 11.9 Å². The van der Waals surface area contributed by atoms with E-state index in [4.69, 9.17) is 9.84 Å². The van der Waals surface area contributed by atoms with Crippen LogP contribution >= 0.6 is 15.9 Å². The van der Waals surface area contributed by atoms with Crippen molar-refractivity contribution in [1.82, 2.24) is 19.5 Å². The number of hydrogen-bond donors (Lipinski definition) is 3.